The minimum Gasteiger partial charge on any atom is -0.386 e. The number of methoxy groups -OCH3 is 1. The monoisotopic (exact) mass is 424 g/mol. The van der Waals surface area contributed by atoms with Gasteiger partial charge in [-0.2, -0.15) is 0 Å². The van der Waals surface area contributed by atoms with Gasteiger partial charge in [-0.05, 0) is 23.8 Å². The van der Waals surface area contributed by atoms with Crippen LogP contribution in [-0.4, -0.2) is 28.1 Å². The first kappa shape index (κ1) is 20.7. The van der Waals surface area contributed by atoms with E-state index >= 15 is 0 Å². The molecule has 9 heteroatoms. The molecule has 3 heterocycles. The van der Waals surface area contributed by atoms with Crippen LogP contribution in [0.1, 0.15) is 28.4 Å². The second-order valence-electron chi connectivity index (χ2n) is 7.33. The molecule has 4 N–H and O–H groups in total. The van der Waals surface area contributed by atoms with Gasteiger partial charge in [-0.15, -0.1) is 0 Å². The van der Waals surface area contributed by atoms with E-state index < -0.39 is 11.9 Å². The molecule has 0 fully saturated rings. The van der Waals surface area contributed by atoms with E-state index in [-0.39, 0.29) is 35.7 Å². The maximum Gasteiger partial charge on any atom is 0.257 e. The molecule has 0 aliphatic carbocycles. The van der Waals surface area contributed by atoms with E-state index in [2.05, 4.69) is 16.9 Å². The first-order chi connectivity index (χ1) is 14.8. The fraction of sp³-hybridized carbons (Fsp3) is 0.227. The number of aldehydes is 1. The minimum absolute atomic E-state index is 0.0578. The molecule has 0 saturated heterocycles. The molecule has 3 aromatic rings. The van der Waals surface area contributed by atoms with Gasteiger partial charge in [0.15, 0.2) is 6.29 Å². The number of pyridine rings is 2. The molecule has 1 aromatic carbocycles. The van der Waals surface area contributed by atoms with Crippen LogP contribution < -0.4 is 16.6 Å². The van der Waals surface area contributed by atoms with Gasteiger partial charge in [0.05, 0.1) is 35.9 Å². The van der Waals surface area contributed by atoms with Crippen molar-refractivity contribution in [2.45, 2.75) is 25.8 Å². The predicted molar refractivity (Wildman–Crippen MR) is 112 cm³/mol. The maximum atomic E-state index is 13.9. The Morgan fingerprint density at radius 1 is 1.45 bits per heavy atom. The van der Waals surface area contributed by atoms with E-state index in [0.29, 0.717) is 29.7 Å². The summed E-state index contributed by atoms with van der Waals surface area (Å²) in [6, 6.07) is 5.87. The number of rotatable bonds is 7. The van der Waals surface area contributed by atoms with Crippen molar-refractivity contribution in [3.05, 3.63) is 75.1 Å². The lowest BCUT2D eigenvalue weighted by Crippen LogP contribution is -2.26. The van der Waals surface area contributed by atoms with Gasteiger partial charge in [-0.25, -0.2) is 9.37 Å². The molecule has 0 radical (unpaired) electrons. The predicted octanol–water partition coefficient (Wildman–Crippen LogP) is 1.46. The number of carbonyl (C=O) groups is 1. The SMILES string of the molecule is C=C(N)NCc1c2c(nc3cc(F)ccc13)-c1cc(C(O)C=O)c(COC)c(=O)n1C2. The zero-order valence-corrected chi connectivity index (χ0v) is 16.8. The molecule has 2 aromatic heterocycles. The van der Waals surface area contributed by atoms with E-state index in [4.69, 9.17) is 10.5 Å². The third-order valence-corrected chi connectivity index (χ3v) is 5.39. The quantitative estimate of drug-likeness (QED) is 0.384. The highest BCUT2D eigenvalue weighted by Crippen LogP contribution is 2.37. The molecule has 4 rings (SSSR count). The maximum absolute atomic E-state index is 13.9. The number of aliphatic hydroxyl groups is 1. The van der Waals surface area contributed by atoms with Crippen molar-refractivity contribution in [1.29, 1.82) is 0 Å². The van der Waals surface area contributed by atoms with Gasteiger partial charge in [0.1, 0.15) is 11.9 Å². The minimum atomic E-state index is -1.48. The Kier molecular flexibility index (Phi) is 5.30. The number of hydrogen-bond acceptors (Lipinski definition) is 7. The molecule has 160 valence electrons. The number of nitrogens with two attached hydrogens (primary N) is 1. The number of carbonyl (C=O) groups excluding carboxylic acids is 1. The number of aliphatic hydroxyl groups excluding tert-OH is 1. The number of nitrogens with one attached hydrogen (secondary N) is 1. The van der Waals surface area contributed by atoms with Crippen LogP contribution in [0.25, 0.3) is 22.3 Å². The Balaban J connectivity index is 2.01. The van der Waals surface area contributed by atoms with Crippen LogP contribution in [0.3, 0.4) is 0 Å². The summed E-state index contributed by atoms with van der Waals surface area (Å²) in [4.78, 5) is 29.1. The van der Waals surface area contributed by atoms with Gasteiger partial charge in [-0.3, -0.25) is 4.79 Å². The second-order valence-corrected chi connectivity index (χ2v) is 7.33. The van der Waals surface area contributed by atoms with E-state index in [9.17, 15) is 19.1 Å². The van der Waals surface area contributed by atoms with Crippen LogP contribution in [-0.2, 0) is 29.2 Å². The van der Waals surface area contributed by atoms with Crippen molar-refractivity contribution in [3.63, 3.8) is 0 Å². The lowest BCUT2D eigenvalue weighted by Gasteiger charge is -2.14. The Hall–Kier alpha value is -3.56. The van der Waals surface area contributed by atoms with Gasteiger partial charge in [0, 0.05) is 41.8 Å². The smallest absolute Gasteiger partial charge is 0.257 e. The zero-order valence-electron chi connectivity index (χ0n) is 16.8. The summed E-state index contributed by atoms with van der Waals surface area (Å²) in [7, 11) is 1.43. The average Bonchev–Trinajstić information content (AvgIpc) is 3.10. The molecule has 1 aliphatic heterocycles. The van der Waals surface area contributed by atoms with Gasteiger partial charge in [0.25, 0.3) is 5.56 Å². The fourth-order valence-corrected chi connectivity index (χ4v) is 3.98. The Morgan fingerprint density at radius 3 is 2.90 bits per heavy atom. The molecule has 0 amide bonds. The largest absolute Gasteiger partial charge is 0.386 e. The Morgan fingerprint density at radius 2 is 2.23 bits per heavy atom. The third-order valence-electron chi connectivity index (χ3n) is 5.39. The van der Waals surface area contributed by atoms with Gasteiger partial charge in [0.2, 0.25) is 0 Å². The number of aromatic nitrogens is 2. The summed E-state index contributed by atoms with van der Waals surface area (Å²) < 4.78 is 20.5. The summed E-state index contributed by atoms with van der Waals surface area (Å²) >= 11 is 0. The summed E-state index contributed by atoms with van der Waals surface area (Å²) in [5.74, 6) is -0.169. The van der Waals surface area contributed by atoms with Crippen molar-refractivity contribution in [2.75, 3.05) is 7.11 Å². The van der Waals surface area contributed by atoms with Crippen molar-refractivity contribution in [2.24, 2.45) is 5.73 Å². The number of halogens is 1. The molecule has 0 saturated carbocycles. The van der Waals surface area contributed by atoms with E-state index in [1.54, 1.807) is 12.1 Å². The van der Waals surface area contributed by atoms with Gasteiger partial charge < -0.3 is 30.3 Å². The standard InChI is InChI=1S/C22H21FN4O4/c1-11(24)25-7-15-13-4-3-12(23)5-18(13)26-21-16(15)8-27-19(21)6-14(20(29)9-28)17(10-31-2)22(27)30/h3-6,9,20,25,29H,1,7-8,10,24H2,2H3. The number of nitrogens with zero attached hydrogens (tertiary/aromatic N) is 2. The fourth-order valence-electron chi connectivity index (χ4n) is 3.98. The highest BCUT2D eigenvalue weighted by Gasteiger charge is 2.29. The summed E-state index contributed by atoms with van der Waals surface area (Å²) in [5, 5.41) is 13.9. The molecule has 0 spiro atoms. The highest BCUT2D eigenvalue weighted by atomic mass is 19.1. The van der Waals surface area contributed by atoms with Crippen LogP contribution in [0.5, 0.6) is 0 Å². The van der Waals surface area contributed by atoms with Crippen molar-refractivity contribution in [3.8, 4) is 11.4 Å². The molecule has 1 unspecified atom stereocenters. The molecule has 0 bridgehead atoms. The first-order valence-corrected chi connectivity index (χ1v) is 9.54. The number of ether oxygens (including phenoxy) is 1. The second kappa shape index (κ2) is 7.93. The van der Waals surface area contributed by atoms with Crippen LogP contribution in [0.15, 0.2) is 41.5 Å². The van der Waals surface area contributed by atoms with E-state index in [0.717, 1.165) is 16.5 Å². The van der Waals surface area contributed by atoms with Crippen molar-refractivity contribution < 1.29 is 19.0 Å². The Labute approximate surface area is 176 Å². The van der Waals surface area contributed by atoms with Crippen LogP contribution >= 0.6 is 0 Å². The summed E-state index contributed by atoms with van der Waals surface area (Å²) in [6.45, 7) is 4.12. The van der Waals surface area contributed by atoms with E-state index in [1.165, 1.54) is 23.8 Å². The van der Waals surface area contributed by atoms with Gasteiger partial charge in [-0.1, -0.05) is 6.58 Å². The van der Waals surface area contributed by atoms with Crippen LogP contribution in [0.4, 0.5) is 4.39 Å². The molecule has 8 nitrogen and oxygen atoms in total. The molecule has 31 heavy (non-hydrogen) atoms. The number of hydrogen-bond donors (Lipinski definition) is 3. The molecule has 1 aliphatic rings. The van der Waals surface area contributed by atoms with Crippen molar-refractivity contribution in [1.82, 2.24) is 14.9 Å². The van der Waals surface area contributed by atoms with Gasteiger partial charge >= 0.3 is 0 Å². The van der Waals surface area contributed by atoms with E-state index in [1.807, 2.05) is 0 Å². The van der Waals surface area contributed by atoms with Crippen molar-refractivity contribution >= 4 is 17.2 Å². The molecular weight excluding hydrogens is 403 g/mol. The van der Waals surface area contributed by atoms with Crippen LogP contribution in [0, 0.1) is 5.82 Å². The lowest BCUT2D eigenvalue weighted by molar-refractivity contribution is -0.115. The average molecular weight is 424 g/mol. The normalized spacial score (nSPS) is 13.0. The zero-order chi connectivity index (χ0) is 22.3. The van der Waals surface area contributed by atoms with Crippen LogP contribution in [0.2, 0.25) is 0 Å². The molecule has 1 atom stereocenters. The lowest BCUT2D eigenvalue weighted by atomic mass is 9.99. The molecular formula is C22H21FN4O4. The summed E-state index contributed by atoms with van der Waals surface area (Å²) in [5.41, 5.74) is 8.56. The topological polar surface area (TPSA) is 119 Å². The first-order valence-electron chi connectivity index (χ1n) is 9.54. The Bertz CT molecular complexity index is 1280. The highest BCUT2D eigenvalue weighted by molar-refractivity contribution is 5.88. The summed E-state index contributed by atoms with van der Waals surface area (Å²) in [6.07, 6.45) is -1.13. The number of fused-ring (bicyclic) bond motifs is 4. The number of benzene rings is 1. The third kappa shape index (κ3) is 3.47.